The van der Waals surface area contributed by atoms with Gasteiger partial charge >= 0.3 is 0 Å². The van der Waals surface area contributed by atoms with Crippen LogP contribution in [0.15, 0.2) is 35.3 Å². The van der Waals surface area contributed by atoms with E-state index in [1.54, 1.807) is 0 Å². The molecule has 2 bridgehead atoms. The molecule has 2 saturated carbocycles. The van der Waals surface area contributed by atoms with Crippen LogP contribution in [-0.4, -0.2) is 47.5 Å². The molecule has 206 valence electrons. The second kappa shape index (κ2) is 9.98. The normalized spacial score (nSPS) is 27.2. The van der Waals surface area contributed by atoms with Crippen LogP contribution in [0.3, 0.4) is 0 Å². The zero-order chi connectivity index (χ0) is 27.4. The lowest BCUT2D eigenvalue weighted by Crippen LogP contribution is -2.47. The first-order valence-electron chi connectivity index (χ1n) is 12.9. The smallest absolute Gasteiger partial charge is 0.268 e. The largest absolute Gasteiger partial charge is 0.381 e. The van der Waals surface area contributed by atoms with Gasteiger partial charge in [0.05, 0.1) is 22.9 Å². The van der Waals surface area contributed by atoms with Gasteiger partial charge in [0.2, 0.25) is 0 Å². The number of hydrogen-bond acceptors (Lipinski definition) is 4. The number of likely N-dealkylation sites (tertiary alicyclic amines) is 1. The lowest BCUT2D eigenvalue weighted by molar-refractivity contribution is -0.123. The number of benzene rings is 1. The number of aromatic nitrogens is 1. The lowest BCUT2D eigenvalue weighted by Gasteiger charge is -2.39. The van der Waals surface area contributed by atoms with Crippen LogP contribution in [0.1, 0.15) is 72.6 Å². The molecular formula is C27H31F5N4O2. The van der Waals surface area contributed by atoms with Crippen LogP contribution >= 0.6 is 0 Å². The number of piperidine rings is 1. The van der Waals surface area contributed by atoms with Gasteiger partial charge in [-0.2, -0.15) is 0 Å². The number of hydrogen-bond donors (Lipinski definition) is 2. The molecule has 1 unspecified atom stereocenters. The van der Waals surface area contributed by atoms with Crippen molar-refractivity contribution >= 4 is 11.6 Å². The molecule has 38 heavy (non-hydrogen) atoms. The van der Waals surface area contributed by atoms with Crippen molar-refractivity contribution in [3.8, 4) is 0 Å². The summed E-state index contributed by atoms with van der Waals surface area (Å²) < 4.78 is 70.4. The Kier molecular flexibility index (Phi) is 7.00. The maximum absolute atomic E-state index is 14.7. The molecule has 3 aliphatic rings. The Labute approximate surface area is 217 Å². The Morgan fingerprint density at radius 2 is 1.76 bits per heavy atom. The molecule has 1 aliphatic heterocycles. The van der Waals surface area contributed by atoms with Crippen molar-refractivity contribution in [2.75, 3.05) is 25.5 Å². The minimum atomic E-state index is -3.06. The second-order valence-electron chi connectivity index (χ2n) is 10.9. The maximum Gasteiger partial charge on any atom is 0.268 e. The average molecular weight is 539 g/mol. The SMILES string of the molecule is C[C@@H](NC(=O)c1cn(C2CCC2(F)F)c(=O)cc1N[C@H]1[C@@H]2CC[C@H]1CN(C)C2)c1cccc(C(F)F)c1F. The van der Waals surface area contributed by atoms with E-state index in [0.29, 0.717) is 11.8 Å². The highest BCUT2D eigenvalue weighted by Gasteiger charge is 2.50. The molecule has 0 radical (unpaired) electrons. The number of halogens is 5. The third-order valence-corrected chi connectivity index (χ3v) is 8.35. The number of carbonyl (C=O) groups excluding carboxylic acids is 1. The molecule has 6 nitrogen and oxygen atoms in total. The summed E-state index contributed by atoms with van der Waals surface area (Å²) >= 11 is 0. The van der Waals surface area contributed by atoms with Gasteiger partial charge in [-0.25, -0.2) is 22.0 Å². The average Bonchev–Trinajstić information content (AvgIpc) is 3.07. The molecule has 11 heteroatoms. The highest BCUT2D eigenvalue weighted by atomic mass is 19.3. The van der Waals surface area contributed by atoms with Crippen molar-refractivity contribution in [1.82, 2.24) is 14.8 Å². The maximum atomic E-state index is 14.7. The summed E-state index contributed by atoms with van der Waals surface area (Å²) in [6.45, 7) is 3.17. The summed E-state index contributed by atoms with van der Waals surface area (Å²) in [4.78, 5) is 28.6. The van der Waals surface area contributed by atoms with Gasteiger partial charge < -0.3 is 20.1 Å². The first-order valence-corrected chi connectivity index (χ1v) is 12.9. The fraction of sp³-hybridized carbons (Fsp3) is 0.556. The number of nitrogens with zero attached hydrogens (tertiary/aromatic N) is 2. The Hall–Kier alpha value is -2.95. The molecule has 2 aliphatic carbocycles. The molecule has 2 heterocycles. The van der Waals surface area contributed by atoms with E-state index in [9.17, 15) is 31.5 Å². The van der Waals surface area contributed by atoms with Crippen LogP contribution in [0.4, 0.5) is 27.6 Å². The van der Waals surface area contributed by atoms with Gasteiger partial charge in [-0.05, 0) is 45.1 Å². The number of fused-ring (bicyclic) bond motifs is 2. The minimum Gasteiger partial charge on any atom is -0.381 e. The summed E-state index contributed by atoms with van der Waals surface area (Å²) in [5.74, 6) is -4.29. The van der Waals surface area contributed by atoms with Crippen molar-refractivity contribution in [3.63, 3.8) is 0 Å². The van der Waals surface area contributed by atoms with Gasteiger partial charge in [0.25, 0.3) is 23.8 Å². The molecule has 3 fully saturated rings. The second-order valence-corrected chi connectivity index (χ2v) is 10.9. The fourth-order valence-electron chi connectivity index (χ4n) is 6.22. The first-order chi connectivity index (χ1) is 18.0. The van der Waals surface area contributed by atoms with E-state index < -0.39 is 47.3 Å². The highest BCUT2D eigenvalue weighted by molar-refractivity contribution is 5.99. The van der Waals surface area contributed by atoms with Gasteiger partial charge in [0, 0.05) is 43.4 Å². The number of alkyl halides is 4. The number of pyridine rings is 1. The van der Waals surface area contributed by atoms with E-state index in [2.05, 4.69) is 15.5 Å². The molecule has 1 saturated heterocycles. The topological polar surface area (TPSA) is 66.4 Å². The fourth-order valence-corrected chi connectivity index (χ4v) is 6.22. The molecule has 5 rings (SSSR count). The van der Waals surface area contributed by atoms with Gasteiger partial charge in [-0.1, -0.05) is 18.2 Å². The van der Waals surface area contributed by atoms with Gasteiger partial charge in [0.1, 0.15) is 11.9 Å². The van der Waals surface area contributed by atoms with Crippen LogP contribution in [0.25, 0.3) is 0 Å². The Morgan fingerprint density at radius 3 is 2.34 bits per heavy atom. The van der Waals surface area contributed by atoms with E-state index in [4.69, 9.17) is 0 Å². The van der Waals surface area contributed by atoms with Crippen LogP contribution < -0.4 is 16.2 Å². The van der Waals surface area contributed by atoms with Gasteiger partial charge in [-0.15, -0.1) is 0 Å². The van der Waals surface area contributed by atoms with Crippen LogP contribution in [0.2, 0.25) is 0 Å². The molecule has 1 aromatic heterocycles. The van der Waals surface area contributed by atoms with Crippen molar-refractivity contribution in [3.05, 3.63) is 63.3 Å². The van der Waals surface area contributed by atoms with E-state index in [0.717, 1.165) is 42.8 Å². The number of rotatable bonds is 7. The number of amides is 1. The highest BCUT2D eigenvalue weighted by Crippen LogP contribution is 2.46. The standard InChI is InChI=1S/C27H31F5N4O2/c1-14(17-4-3-5-18(23(17)28)25(29)30)33-26(38)19-13-36(21-8-9-27(21,31)32)22(37)10-20(19)34-24-15-6-7-16(24)12-35(2)11-15/h3-5,10,13-16,21,24-25,34H,6-9,11-12H2,1-2H3,(H,33,38)/t14-,15-,16+,21?,24+/m1/s1. The molecule has 0 spiro atoms. The van der Waals surface area contributed by atoms with Gasteiger partial charge in [0.15, 0.2) is 0 Å². The third-order valence-electron chi connectivity index (χ3n) is 8.35. The summed E-state index contributed by atoms with van der Waals surface area (Å²) in [5, 5.41) is 5.97. The van der Waals surface area contributed by atoms with Crippen molar-refractivity contribution in [1.29, 1.82) is 0 Å². The zero-order valence-corrected chi connectivity index (χ0v) is 21.2. The molecule has 5 atom stereocenters. The minimum absolute atomic E-state index is 0.00994. The predicted molar refractivity (Wildman–Crippen MR) is 132 cm³/mol. The van der Waals surface area contributed by atoms with Crippen molar-refractivity contribution in [2.24, 2.45) is 11.8 Å². The molecule has 2 N–H and O–H groups in total. The van der Waals surface area contributed by atoms with E-state index in [1.165, 1.54) is 25.1 Å². The Bertz CT molecular complexity index is 1270. The van der Waals surface area contributed by atoms with Crippen LogP contribution in [0, 0.1) is 17.7 Å². The van der Waals surface area contributed by atoms with Crippen molar-refractivity contribution < 1.29 is 26.7 Å². The number of nitrogens with one attached hydrogen (secondary N) is 2. The summed E-state index contributed by atoms with van der Waals surface area (Å²) in [6, 6.07) is 2.40. The zero-order valence-electron chi connectivity index (χ0n) is 21.2. The van der Waals surface area contributed by atoms with E-state index in [-0.39, 0.29) is 35.7 Å². The van der Waals surface area contributed by atoms with E-state index >= 15 is 0 Å². The first kappa shape index (κ1) is 26.6. The predicted octanol–water partition coefficient (Wildman–Crippen LogP) is 5.14. The number of anilines is 1. The molecule has 1 aromatic carbocycles. The molecule has 1 amide bonds. The monoisotopic (exact) mass is 538 g/mol. The van der Waals surface area contributed by atoms with E-state index in [1.807, 2.05) is 7.05 Å². The summed E-state index contributed by atoms with van der Waals surface area (Å²) in [5.41, 5.74) is -1.34. The van der Waals surface area contributed by atoms with Crippen LogP contribution in [0.5, 0.6) is 0 Å². The Balaban J connectivity index is 1.47. The molecule has 2 aromatic rings. The van der Waals surface area contributed by atoms with Crippen molar-refractivity contribution in [2.45, 2.75) is 63.1 Å². The summed E-state index contributed by atoms with van der Waals surface area (Å²) in [6.07, 6.45) is -0.130. The number of carbonyl (C=O) groups is 1. The Morgan fingerprint density at radius 1 is 1.11 bits per heavy atom. The quantitative estimate of drug-likeness (QED) is 0.480. The van der Waals surface area contributed by atoms with Crippen LogP contribution in [-0.2, 0) is 0 Å². The van der Waals surface area contributed by atoms with Gasteiger partial charge in [-0.3, -0.25) is 9.59 Å². The lowest BCUT2D eigenvalue weighted by atomic mass is 9.87. The summed E-state index contributed by atoms with van der Waals surface area (Å²) in [7, 11) is 2.05. The molecular weight excluding hydrogens is 507 g/mol. The third kappa shape index (κ3) is 4.81.